The largest absolute Gasteiger partial charge is 0.490 e. The zero-order valence-corrected chi connectivity index (χ0v) is 11.4. The first-order valence-corrected chi connectivity index (χ1v) is 6.28. The number of nitro groups is 1. The zero-order valence-electron chi connectivity index (χ0n) is 9.72. The molecule has 1 aromatic heterocycles. The van der Waals surface area contributed by atoms with Crippen LogP contribution in [0.15, 0.2) is 18.2 Å². The Labute approximate surface area is 112 Å². The minimum atomic E-state index is -0.460. The Balaban J connectivity index is 2.60. The second-order valence-corrected chi connectivity index (χ2v) is 5.48. The number of hydrogen-bond donors (Lipinski definition) is 1. The number of aromatic amines is 1. The molecule has 5 nitrogen and oxygen atoms in total. The first-order chi connectivity index (χ1) is 8.52. The van der Waals surface area contributed by atoms with E-state index < -0.39 is 4.92 Å². The molecule has 1 heterocycles. The van der Waals surface area contributed by atoms with Gasteiger partial charge in [0.15, 0.2) is 9.70 Å². The molecule has 1 aromatic carbocycles. The molecule has 94 valence electrons. The summed E-state index contributed by atoms with van der Waals surface area (Å²) in [5, 5.41) is 11.0. The number of methoxy groups -OCH3 is 1. The molecule has 0 spiro atoms. The van der Waals surface area contributed by atoms with E-state index in [0.29, 0.717) is 3.95 Å². The van der Waals surface area contributed by atoms with Crippen LogP contribution in [0.1, 0.15) is 4.88 Å². The molecule has 0 radical (unpaired) electrons. The third-order valence-electron chi connectivity index (χ3n) is 2.49. The van der Waals surface area contributed by atoms with Gasteiger partial charge >= 0.3 is 5.69 Å². The van der Waals surface area contributed by atoms with Crippen molar-refractivity contribution in [2.45, 2.75) is 6.92 Å². The number of benzene rings is 1. The molecule has 0 atom stereocenters. The maximum absolute atomic E-state index is 11.0. The topological polar surface area (TPSA) is 68.2 Å². The van der Waals surface area contributed by atoms with E-state index in [4.69, 9.17) is 17.0 Å². The molecule has 2 aromatic rings. The van der Waals surface area contributed by atoms with Crippen LogP contribution in [0.4, 0.5) is 5.69 Å². The van der Waals surface area contributed by atoms with Crippen molar-refractivity contribution in [2.75, 3.05) is 7.11 Å². The molecule has 0 aliphatic rings. The van der Waals surface area contributed by atoms with Crippen LogP contribution in [0.25, 0.3) is 11.3 Å². The van der Waals surface area contributed by atoms with Gasteiger partial charge in [-0.1, -0.05) is 0 Å². The lowest BCUT2D eigenvalue weighted by Crippen LogP contribution is -1.94. The highest BCUT2D eigenvalue weighted by Gasteiger charge is 2.17. The molecular weight excluding hydrogens is 272 g/mol. The van der Waals surface area contributed by atoms with Crippen molar-refractivity contribution in [3.63, 3.8) is 0 Å². The minimum absolute atomic E-state index is 0.0556. The fourth-order valence-corrected chi connectivity index (χ4v) is 2.85. The Morgan fingerprint density at radius 2 is 2.22 bits per heavy atom. The van der Waals surface area contributed by atoms with Crippen LogP contribution < -0.4 is 4.74 Å². The lowest BCUT2D eigenvalue weighted by molar-refractivity contribution is -0.385. The van der Waals surface area contributed by atoms with Crippen LogP contribution in [0.2, 0.25) is 0 Å². The SMILES string of the molecule is COc1ccc(-c2[nH]c(=S)sc2C)cc1[N+](=O)[O-]. The van der Waals surface area contributed by atoms with Crippen LogP contribution in [0, 0.1) is 21.0 Å². The van der Waals surface area contributed by atoms with Crippen molar-refractivity contribution in [3.8, 4) is 17.0 Å². The van der Waals surface area contributed by atoms with Crippen molar-refractivity contribution in [3.05, 3.63) is 37.1 Å². The van der Waals surface area contributed by atoms with E-state index in [1.54, 1.807) is 12.1 Å². The third-order valence-corrected chi connectivity index (χ3v) is 3.64. The third kappa shape index (κ3) is 2.27. The Morgan fingerprint density at radius 1 is 1.50 bits per heavy atom. The number of rotatable bonds is 3. The highest BCUT2D eigenvalue weighted by atomic mass is 32.1. The number of nitrogens with one attached hydrogen (secondary N) is 1. The number of ether oxygens (including phenoxy) is 1. The Bertz CT molecular complexity index is 661. The number of hydrogen-bond acceptors (Lipinski definition) is 5. The van der Waals surface area contributed by atoms with Gasteiger partial charge < -0.3 is 9.72 Å². The number of aryl methyl sites for hydroxylation is 1. The Morgan fingerprint density at radius 3 is 2.72 bits per heavy atom. The van der Waals surface area contributed by atoms with E-state index in [9.17, 15) is 10.1 Å². The molecule has 0 aliphatic heterocycles. The number of nitro benzene ring substituents is 1. The van der Waals surface area contributed by atoms with E-state index in [2.05, 4.69) is 4.98 Å². The molecule has 0 aliphatic carbocycles. The van der Waals surface area contributed by atoms with Crippen LogP contribution in [-0.4, -0.2) is 17.0 Å². The van der Waals surface area contributed by atoms with Crippen molar-refractivity contribution in [2.24, 2.45) is 0 Å². The van der Waals surface area contributed by atoms with Gasteiger partial charge in [-0.25, -0.2) is 0 Å². The molecule has 0 unspecified atom stereocenters. The van der Waals surface area contributed by atoms with Crippen molar-refractivity contribution >= 4 is 29.2 Å². The summed E-state index contributed by atoms with van der Waals surface area (Å²) in [6.07, 6.45) is 0. The first kappa shape index (κ1) is 12.7. The van der Waals surface area contributed by atoms with Gasteiger partial charge in [-0.15, -0.1) is 11.3 Å². The van der Waals surface area contributed by atoms with Gasteiger partial charge in [0.2, 0.25) is 0 Å². The molecule has 0 amide bonds. The lowest BCUT2D eigenvalue weighted by atomic mass is 10.1. The molecule has 18 heavy (non-hydrogen) atoms. The van der Waals surface area contributed by atoms with Gasteiger partial charge in [0, 0.05) is 16.5 Å². The second kappa shape index (κ2) is 4.87. The molecule has 0 fully saturated rings. The van der Waals surface area contributed by atoms with Gasteiger partial charge in [-0.3, -0.25) is 10.1 Å². The van der Waals surface area contributed by atoms with Crippen molar-refractivity contribution in [1.29, 1.82) is 0 Å². The van der Waals surface area contributed by atoms with Gasteiger partial charge in [0.1, 0.15) is 0 Å². The second-order valence-electron chi connectivity index (χ2n) is 3.59. The normalized spacial score (nSPS) is 10.3. The maximum Gasteiger partial charge on any atom is 0.311 e. The van der Waals surface area contributed by atoms with E-state index in [1.807, 2.05) is 6.92 Å². The van der Waals surface area contributed by atoms with E-state index >= 15 is 0 Å². The molecule has 0 bridgehead atoms. The smallest absolute Gasteiger partial charge is 0.311 e. The highest BCUT2D eigenvalue weighted by Crippen LogP contribution is 2.33. The summed E-state index contributed by atoms with van der Waals surface area (Å²) in [6.45, 7) is 1.92. The summed E-state index contributed by atoms with van der Waals surface area (Å²) in [5.74, 6) is 0.246. The average Bonchev–Trinajstić information content (AvgIpc) is 2.67. The predicted octanol–water partition coefficient (Wildman–Crippen LogP) is 3.70. The molecule has 0 saturated carbocycles. The monoisotopic (exact) mass is 282 g/mol. The first-order valence-electron chi connectivity index (χ1n) is 5.05. The lowest BCUT2D eigenvalue weighted by Gasteiger charge is -2.04. The summed E-state index contributed by atoms with van der Waals surface area (Å²) in [6, 6.07) is 4.84. The van der Waals surface area contributed by atoms with Crippen molar-refractivity contribution in [1.82, 2.24) is 4.98 Å². The fraction of sp³-hybridized carbons (Fsp3) is 0.182. The van der Waals surface area contributed by atoms with Gasteiger partial charge in [-0.05, 0) is 31.3 Å². The predicted molar refractivity (Wildman–Crippen MR) is 72.9 cm³/mol. The summed E-state index contributed by atoms with van der Waals surface area (Å²) >= 11 is 6.50. The fourth-order valence-electron chi connectivity index (χ4n) is 1.67. The zero-order chi connectivity index (χ0) is 13.3. The Hall–Kier alpha value is -1.73. The summed E-state index contributed by atoms with van der Waals surface area (Å²) < 4.78 is 5.62. The van der Waals surface area contributed by atoms with E-state index in [0.717, 1.165) is 16.1 Å². The van der Waals surface area contributed by atoms with E-state index in [1.165, 1.54) is 24.5 Å². The standard InChI is InChI=1S/C11H10N2O3S2/c1-6-10(12-11(17)18-6)7-3-4-9(16-2)8(5-7)13(14)15/h3-5H,1-2H3,(H,12,17). The van der Waals surface area contributed by atoms with Crippen LogP contribution >= 0.6 is 23.6 Å². The number of nitrogens with zero attached hydrogens (tertiary/aromatic N) is 1. The van der Waals surface area contributed by atoms with Crippen molar-refractivity contribution < 1.29 is 9.66 Å². The number of H-pyrrole nitrogens is 1. The summed E-state index contributed by atoms with van der Waals surface area (Å²) in [5.41, 5.74) is 1.49. The molecule has 0 saturated heterocycles. The van der Waals surface area contributed by atoms with Crippen LogP contribution in [0.5, 0.6) is 5.75 Å². The maximum atomic E-state index is 11.0. The minimum Gasteiger partial charge on any atom is -0.490 e. The Kier molecular flexibility index (Phi) is 3.44. The molecular formula is C11H10N2O3S2. The van der Waals surface area contributed by atoms with Gasteiger partial charge in [0.25, 0.3) is 0 Å². The molecule has 2 rings (SSSR count). The quantitative estimate of drug-likeness (QED) is 0.529. The van der Waals surface area contributed by atoms with Gasteiger partial charge in [-0.2, -0.15) is 0 Å². The van der Waals surface area contributed by atoms with Crippen LogP contribution in [-0.2, 0) is 0 Å². The molecule has 7 heteroatoms. The number of thiazole rings is 1. The van der Waals surface area contributed by atoms with Crippen LogP contribution in [0.3, 0.4) is 0 Å². The van der Waals surface area contributed by atoms with Gasteiger partial charge in [0.05, 0.1) is 17.7 Å². The van der Waals surface area contributed by atoms with E-state index in [-0.39, 0.29) is 11.4 Å². The average molecular weight is 282 g/mol. The number of aromatic nitrogens is 1. The summed E-state index contributed by atoms with van der Waals surface area (Å²) in [4.78, 5) is 14.5. The molecule has 1 N–H and O–H groups in total. The summed E-state index contributed by atoms with van der Waals surface area (Å²) in [7, 11) is 1.41. The highest BCUT2D eigenvalue weighted by molar-refractivity contribution is 7.73.